The Bertz CT molecular complexity index is 1400. The molecule has 0 radical (unpaired) electrons. The van der Waals surface area contributed by atoms with E-state index in [2.05, 4.69) is 5.32 Å². The molecule has 3 N–H and O–H groups in total. The van der Waals surface area contributed by atoms with E-state index in [1.165, 1.54) is 18.2 Å². The van der Waals surface area contributed by atoms with E-state index >= 15 is 0 Å². The third kappa shape index (κ3) is 9.23. The molecular weight excluding hydrogens is 550 g/mol. The first kappa shape index (κ1) is 31.4. The summed E-state index contributed by atoms with van der Waals surface area (Å²) in [5.74, 6) is -1.12. The van der Waals surface area contributed by atoms with Crippen molar-refractivity contribution in [1.29, 1.82) is 0 Å². The van der Waals surface area contributed by atoms with Gasteiger partial charge >= 0.3 is 11.9 Å². The first-order valence-corrected chi connectivity index (χ1v) is 14.7. The normalized spacial score (nSPS) is 16.3. The molecule has 0 aromatic heterocycles. The summed E-state index contributed by atoms with van der Waals surface area (Å²) in [6.45, 7) is 4.68. The predicted molar refractivity (Wildman–Crippen MR) is 161 cm³/mol. The van der Waals surface area contributed by atoms with Gasteiger partial charge in [-0.25, -0.2) is 4.79 Å². The third-order valence-electron chi connectivity index (χ3n) is 7.34. The van der Waals surface area contributed by atoms with Crippen LogP contribution >= 0.6 is 0 Å². The van der Waals surface area contributed by atoms with E-state index in [9.17, 15) is 24.6 Å². The topological polar surface area (TPSA) is 131 Å². The van der Waals surface area contributed by atoms with Crippen LogP contribution in [0, 0.1) is 5.92 Å². The molecule has 4 rings (SSSR count). The van der Waals surface area contributed by atoms with Crippen molar-refractivity contribution in [3.63, 3.8) is 0 Å². The van der Waals surface area contributed by atoms with Crippen molar-refractivity contribution < 1.29 is 38.8 Å². The lowest BCUT2D eigenvalue weighted by Gasteiger charge is -2.27. The van der Waals surface area contributed by atoms with Crippen LogP contribution < -0.4 is 19.5 Å². The fraction of sp³-hybridized carbons (Fsp3) is 0.382. The Hall–Kier alpha value is -4.53. The number of nitrogens with one attached hydrogen (secondary N) is 1. The lowest BCUT2D eigenvalue weighted by molar-refractivity contribution is -0.143. The fourth-order valence-electron chi connectivity index (χ4n) is 5.17. The predicted octanol–water partition coefficient (Wildman–Crippen LogP) is 6.14. The molecular formula is C34H39NO8. The van der Waals surface area contributed by atoms with Gasteiger partial charge in [0.1, 0.15) is 23.9 Å². The molecule has 43 heavy (non-hydrogen) atoms. The molecule has 2 atom stereocenters. The minimum absolute atomic E-state index is 0.0299. The van der Waals surface area contributed by atoms with Gasteiger partial charge in [-0.1, -0.05) is 36.8 Å². The van der Waals surface area contributed by atoms with E-state index in [4.69, 9.17) is 14.2 Å². The summed E-state index contributed by atoms with van der Waals surface area (Å²) in [4.78, 5) is 36.2. The Labute approximate surface area is 251 Å². The number of hydrogen-bond donors (Lipinski definition) is 3. The first-order valence-electron chi connectivity index (χ1n) is 14.7. The molecule has 9 heteroatoms. The molecule has 1 aliphatic carbocycles. The van der Waals surface area contributed by atoms with Crippen LogP contribution in [-0.4, -0.2) is 46.8 Å². The molecule has 2 unspecified atom stereocenters. The highest BCUT2D eigenvalue weighted by Crippen LogP contribution is 2.27. The van der Waals surface area contributed by atoms with Gasteiger partial charge in [-0.15, -0.1) is 0 Å². The van der Waals surface area contributed by atoms with Gasteiger partial charge in [0, 0.05) is 6.04 Å². The zero-order valence-corrected chi connectivity index (χ0v) is 24.6. The number of carbonyl (C=O) groups excluding carboxylic acids is 1. The quantitative estimate of drug-likeness (QED) is 0.191. The Morgan fingerprint density at radius 2 is 1.70 bits per heavy atom. The van der Waals surface area contributed by atoms with Gasteiger partial charge in [0.05, 0.1) is 29.8 Å². The van der Waals surface area contributed by atoms with Crippen LogP contribution in [0.25, 0.3) is 0 Å². The largest absolute Gasteiger partial charge is 0.493 e. The number of aliphatic carboxylic acids is 1. The first-order chi connectivity index (χ1) is 20.7. The zero-order chi connectivity index (χ0) is 30.8. The van der Waals surface area contributed by atoms with Crippen molar-refractivity contribution >= 4 is 17.8 Å². The van der Waals surface area contributed by atoms with Crippen LogP contribution in [0.3, 0.4) is 0 Å². The second kappa shape index (κ2) is 15.1. The van der Waals surface area contributed by atoms with Gasteiger partial charge in [-0.3, -0.25) is 9.59 Å². The van der Waals surface area contributed by atoms with Crippen molar-refractivity contribution in [2.24, 2.45) is 5.92 Å². The lowest BCUT2D eigenvalue weighted by Crippen LogP contribution is -2.40. The molecule has 1 amide bonds. The Kier molecular flexibility index (Phi) is 11.0. The molecule has 0 heterocycles. The summed E-state index contributed by atoms with van der Waals surface area (Å²) < 4.78 is 17.8. The number of ether oxygens (including phenoxy) is 3. The summed E-state index contributed by atoms with van der Waals surface area (Å²) in [6.07, 6.45) is 3.71. The molecule has 0 aliphatic heterocycles. The Balaban J connectivity index is 1.34. The zero-order valence-electron chi connectivity index (χ0n) is 24.6. The van der Waals surface area contributed by atoms with E-state index in [1.807, 2.05) is 62.4 Å². The Morgan fingerprint density at radius 1 is 0.930 bits per heavy atom. The highest BCUT2D eigenvalue weighted by Gasteiger charge is 2.29. The maximum absolute atomic E-state index is 13.2. The van der Waals surface area contributed by atoms with Crippen LogP contribution in [0.1, 0.15) is 77.8 Å². The molecule has 1 fully saturated rings. The van der Waals surface area contributed by atoms with Crippen molar-refractivity contribution in [1.82, 2.24) is 5.32 Å². The number of rotatable bonds is 14. The molecule has 228 valence electrons. The second-order valence-corrected chi connectivity index (χ2v) is 11.0. The number of amides is 1. The minimum Gasteiger partial charge on any atom is -0.493 e. The summed E-state index contributed by atoms with van der Waals surface area (Å²) in [5, 5.41) is 21.7. The Morgan fingerprint density at radius 3 is 2.42 bits per heavy atom. The van der Waals surface area contributed by atoms with Crippen LogP contribution in [0.2, 0.25) is 0 Å². The smallest absolute Gasteiger partial charge is 0.335 e. The fourth-order valence-corrected chi connectivity index (χ4v) is 5.17. The molecule has 0 spiro atoms. The van der Waals surface area contributed by atoms with Crippen LogP contribution in [0.4, 0.5) is 0 Å². The maximum Gasteiger partial charge on any atom is 0.335 e. The van der Waals surface area contributed by atoms with Gasteiger partial charge in [0.15, 0.2) is 0 Å². The van der Waals surface area contributed by atoms with Crippen molar-refractivity contribution in [2.45, 2.75) is 71.1 Å². The molecule has 9 nitrogen and oxygen atoms in total. The average molecular weight is 590 g/mol. The maximum atomic E-state index is 13.2. The minimum atomic E-state index is -1.15. The monoisotopic (exact) mass is 589 g/mol. The number of aromatic carboxylic acids is 1. The lowest BCUT2D eigenvalue weighted by atomic mass is 9.85. The number of carboxylic acids is 2. The number of carboxylic acid groups (broad SMARTS) is 2. The molecule has 3 aromatic carbocycles. The molecule has 0 saturated heterocycles. The second-order valence-electron chi connectivity index (χ2n) is 11.0. The van der Waals surface area contributed by atoms with Crippen molar-refractivity contribution in [2.75, 3.05) is 6.61 Å². The van der Waals surface area contributed by atoms with Crippen molar-refractivity contribution in [3.05, 3.63) is 89.0 Å². The summed E-state index contributed by atoms with van der Waals surface area (Å²) >= 11 is 0. The molecule has 1 saturated carbocycles. The van der Waals surface area contributed by atoms with Crippen LogP contribution in [0.5, 0.6) is 17.2 Å². The number of para-hydroxylation sites is 1. The van der Waals surface area contributed by atoms with E-state index in [0.717, 1.165) is 22.6 Å². The number of hydrogen-bond acceptors (Lipinski definition) is 6. The number of aryl methyl sites for hydroxylation is 1. The van der Waals surface area contributed by atoms with Gasteiger partial charge in [-0.2, -0.15) is 0 Å². The van der Waals surface area contributed by atoms with Gasteiger partial charge in [0.25, 0.3) is 5.91 Å². The standard InChI is InChI=1S/C34H39NO8/c1-22(2)43-28-15-12-23(13-16-28)21-42-30-11-4-3-7-24(30)9-6-18-41-31-17-14-26(34(39)40)20-29(31)32(36)35-27-10-5-8-25(19-27)33(37)38/h3-4,7,11-17,20,22,25,27H,5-6,8-10,18-19,21H2,1-2H3,(H,35,36)(H,37,38)(H,39,40). The summed E-state index contributed by atoms with van der Waals surface area (Å²) in [6, 6.07) is 19.5. The van der Waals surface area contributed by atoms with E-state index < -0.39 is 23.8 Å². The van der Waals surface area contributed by atoms with Gasteiger partial charge in [-0.05, 0) is 93.5 Å². The summed E-state index contributed by atoms with van der Waals surface area (Å²) in [7, 11) is 0. The molecule has 1 aliphatic rings. The van der Waals surface area contributed by atoms with E-state index in [0.29, 0.717) is 51.7 Å². The van der Waals surface area contributed by atoms with Crippen LogP contribution in [-0.2, 0) is 17.8 Å². The number of benzene rings is 3. The van der Waals surface area contributed by atoms with E-state index in [-0.39, 0.29) is 29.0 Å². The average Bonchev–Trinajstić information content (AvgIpc) is 2.99. The molecule has 3 aromatic rings. The highest BCUT2D eigenvalue weighted by atomic mass is 16.5. The van der Waals surface area contributed by atoms with Gasteiger partial charge < -0.3 is 29.7 Å². The highest BCUT2D eigenvalue weighted by molar-refractivity contribution is 6.00. The summed E-state index contributed by atoms with van der Waals surface area (Å²) in [5.41, 5.74) is 2.13. The van der Waals surface area contributed by atoms with E-state index in [1.54, 1.807) is 0 Å². The SMILES string of the molecule is CC(C)Oc1ccc(COc2ccccc2CCCOc2ccc(C(=O)O)cc2C(=O)NC2CCCC(C(=O)O)C2)cc1. The number of carbonyl (C=O) groups is 3. The van der Waals surface area contributed by atoms with Gasteiger partial charge in [0.2, 0.25) is 0 Å². The molecule has 0 bridgehead atoms. The van der Waals surface area contributed by atoms with Crippen molar-refractivity contribution in [3.8, 4) is 17.2 Å². The van der Waals surface area contributed by atoms with Crippen LogP contribution in [0.15, 0.2) is 66.7 Å². The third-order valence-corrected chi connectivity index (χ3v) is 7.34.